The molecule has 4 aromatic rings. The fraction of sp³-hybridized carbons (Fsp3) is 0.400. The molecule has 0 spiro atoms. The number of anilines is 2. The maximum atomic E-state index is 12.5. The summed E-state index contributed by atoms with van der Waals surface area (Å²) in [4.78, 5) is 35.4. The molecule has 312 valence electrons. The number of ketones is 2. The van der Waals surface area contributed by atoms with Crippen molar-refractivity contribution in [3.05, 3.63) is 96.3 Å². The van der Waals surface area contributed by atoms with E-state index >= 15 is 0 Å². The van der Waals surface area contributed by atoms with Gasteiger partial charge in [-0.2, -0.15) is 0 Å². The molecule has 2 fully saturated rings. The minimum absolute atomic E-state index is 0.107. The van der Waals surface area contributed by atoms with Crippen molar-refractivity contribution in [3.8, 4) is 11.5 Å². The van der Waals surface area contributed by atoms with E-state index in [-0.39, 0.29) is 33.0 Å². The third-order valence-corrected chi connectivity index (χ3v) is 11.8. The molecule has 4 heterocycles. The van der Waals surface area contributed by atoms with Crippen LogP contribution in [0, 0.1) is 0 Å². The molecule has 18 heteroatoms. The summed E-state index contributed by atoms with van der Waals surface area (Å²) >= 11 is 0. The molecule has 2 N–H and O–H groups in total. The van der Waals surface area contributed by atoms with Gasteiger partial charge in [0.15, 0.2) is 11.6 Å². The molecule has 2 saturated heterocycles. The molecule has 0 saturated carbocycles. The van der Waals surface area contributed by atoms with Gasteiger partial charge in [0.25, 0.3) is 20.0 Å². The maximum Gasteiger partial charge on any atom is 0.263 e. The molecule has 0 radical (unpaired) electrons. The summed E-state index contributed by atoms with van der Waals surface area (Å²) in [6.07, 6.45) is 4.47. The third kappa shape index (κ3) is 14.1. The van der Waals surface area contributed by atoms with E-state index in [9.17, 15) is 26.4 Å². The average Bonchev–Trinajstić information content (AvgIpc) is 3.22. The van der Waals surface area contributed by atoms with Gasteiger partial charge in [0.2, 0.25) is 0 Å². The number of hydrogen-bond acceptors (Lipinski definition) is 14. The molecule has 2 aromatic heterocycles. The van der Waals surface area contributed by atoms with Crippen molar-refractivity contribution in [2.24, 2.45) is 0 Å². The van der Waals surface area contributed by atoms with Crippen LogP contribution in [0.4, 0.5) is 11.6 Å². The molecular weight excluding hydrogens is 789 g/mol. The lowest BCUT2D eigenvalue weighted by Crippen LogP contribution is -2.37. The quantitative estimate of drug-likeness (QED) is 0.106. The van der Waals surface area contributed by atoms with E-state index in [1.807, 2.05) is 0 Å². The van der Waals surface area contributed by atoms with Crippen molar-refractivity contribution in [3.63, 3.8) is 0 Å². The number of ether oxygens (including phenoxy) is 4. The van der Waals surface area contributed by atoms with Crippen LogP contribution in [-0.2, 0) is 29.5 Å². The molecule has 2 aliphatic heterocycles. The highest BCUT2D eigenvalue weighted by Gasteiger charge is 2.17. The van der Waals surface area contributed by atoms with E-state index in [2.05, 4.69) is 29.2 Å². The number of carbonyl (C=O) groups excluding carboxylic acids is 2. The summed E-state index contributed by atoms with van der Waals surface area (Å²) in [5.41, 5.74) is 0.839. The first-order valence-electron chi connectivity index (χ1n) is 18.9. The van der Waals surface area contributed by atoms with Gasteiger partial charge in [-0.3, -0.25) is 28.8 Å². The van der Waals surface area contributed by atoms with Crippen molar-refractivity contribution in [1.82, 2.24) is 19.8 Å². The van der Waals surface area contributed by atoms with E-state index in [1.165, 1.54) is 74.8 Å². The highest BCUT2D eigenvalue weighted by molar-refractivity contribution is 7.93. The van der Waals surface area contributed by atoms with Gasteiger partial charge in [-0.25, -0.2) is 26.8 Å². The summed E-state index contributed by atoms with van der Waals surface area (Å²) in [6, 6.07) is 18.5. The Hall–Kier alpha value is -4.98. The van der Waals surface area contributed by atoms with Gasteiger partial charge in [-0.15, -0.1) is 0 Å². The Kier molecular flexibility index (Phi) is 16.5. The van der Waals surface area contributed by atoms with Crippen LogP contribution < -0.4 is 18.9 Å². The minimum atomic E-state index is -3.77. The van der Waals surface area contributed by atoms with Gasteiger partial charge in [0, 0.05) is 62.8 Å². The third-order valence-electron chi connectivity index (χ3n) is 9.07. The van der Waals surface area contributed by atoms with E-state index in [0.29, 0.717) is 35.8 Å². The Morgan fingerprint density at radius 2 is 0.948 bits per heavy atom. The maximum absolute atomic E-state index is 12.5. The van der Waals surface area contributed by atoms with Gasteiger partial charge in [0.1, 0.15) is 23.1 Å². The molecule has 16 nitrogen and oxygen atoms in total. The standard InChI is InChI=1S/2C20H25N3O5S/c2*1-16(24)17-3-8-20(21-15-17)22-29(25,26)19-6-4-18(5-7-19)28-12-2-9-23-10-13-27-14-11-23/h2*3-8,15H,2,9-14H2,1H3,(H,21,22). The summed E-state index contributed by atoms with van der Waals surface area (Å²) in [7, 11) is -7.55. The second kappa shape index (κ2) is 21.7. The smallest absolute Gasteiger partial charge is 0.263 e. The lowest BCUT2D eigenvalue weighted by molar-refractivity contribution is 0.0357. The Labute approximate surface area is 340 Å². The van der Waals surface area contributed by atoms with Crippen LogP contribution in [0.25, 0.3) is 0 Å². The van der Waals surface area contributed by atoms with E-state index in [4.69, 9.17) is 18.9 Å². The molecule has 58 heavy (non-hydrogen) atoms. The molecule has 0 aliphatic carbocycles. The monoisotopic (exact) mass is 838 g/mol. The predicted octanol–water partition coefficient (Wildman–Crippen LogP) is 4.37. The number of hydrogen-bond donors (Lipinski definition) is 2. The summed E-state index contributed by atoms with van der Waals surface area (Å²) < 4.78 is 76.8. The van der Waals surface area contributed by atoms with Crippen molar-refractivity contribution >= 4 is 43.2 Å². The molecule has 0 atom stereocenters. The largest absolute Gasteiger partial charge is 0.494 e. The second-order valence-corrected chi connectivity index (χ2v) is 16.8. The highest BCUT2D eigenvalue weighted by atomic mass is 32.2. The number of pyridine rings is 2. The Bertz CT molecular complexity index is 1970. The molecule has 2 aromatic carbocycles. The van der Waals surface area contributed by atoms with Gasteiger partial charge in [-0.1, -0.05) is 0 Å². The lowest BCUT2D eigenvalue weighted by Gasteiger charge is -2.26. The van der Waals surface area contributed by atoms with E-state index in [1.54, 1.807) is 24.3 Å². The second-order valence-electron chi connectivity index (χ2n) is 13.4. The van der Waals surface area contributed by atoms with E-state index < -0.39 is 20.0 Å². The van der Waals surface area contributed by atoms with Crippen LogP contribution in [0.1, 0.15) is 47.4 Å². The zero-order chi connectivity index (χ0) is 41.4. The Morgan fingerprint density at radius 1 is 0.586 bits per heavy atom. The Balaban J connectivity index is 0.000000221. The zero-order valence-corrected chi connectivity index (χ0v) is 34.3. The van der Waals surface area contributed by atoms with Crippen LogP contribution in [-0.4, -0.2) is 127 Å². The van der Waals surface area contributed by atoms with Crippen LogP contribution in [0.3, 0.4) is 0 Å². The number of Topliss-reactive ketones (excluding diaryl/α,β-unsaturated/α-hetero) is 2. The number of carbonyl (C=O) groups is 2. The highest BCUT2D eigenvalue weighted by Crippen LogP contribution is 2.21. The first-order valence-corrected chi connectivity index (χ1v) is 21.9. The van der Waals surface area contributed by atoms with Crippen LogP contribution in [0.15, 0.2) is 95.0 Å². The Morgan fingerprint density at radius 3 is 1.26 bits per heavy atom. The summed E-state index contributed by atoms with van der Waals surface area (Å²) in [5, 5.41) is 0. The molecule has 6 rings (SSSR count). The number of nitrogens with one attached hydrogen (secondary N) is 2. The number of aromatic nitrogens is 2. The zero-order valence-electron chi connectivity index (χ0n) is 32.7. The topological polar surface area (TPSA) is 196 Å². The van der Waals surface area contributed by atoms with Crippen molar-refractivity contribution in [1.29, 1.82) is 0 Å². The number of morpholine rings is 2. The first-order chi connectivity index (χ1) is 27.9. The van der Waals surface area contributed by atoms with Gasteiger partial charge in [0.05, 0.1) is 49.4 Å². The normalized spacial score (nSPS) is 15.1. The lowest BCUT2D eigenvalue weighted by atomic mass is 10.2. The number of nitrogens with zero attached hydrogens (tertiary/aromatic N) is 4. The van der Waals surface area contributed by atoms with Crippen molar-refractivity contribution in [2.45, 2.75) is 36.5 Å². The van der Waals surface area contributed by atoms with Gasteiger partial charge in [-0.05, 0) is 99.5 Å². The van der Waals surface area contributed by atoms with Crippen LogP contribution >= 0.6 is 0 Å². The predicted molar refractivity (Wildman–Crippen MR) is 218 cm³/mol. The van der Waals surface area contributed by atoms with Gasteiger partial charge >= 0.3 is 0 Å². The van der Waals surface area contributed by atoms with Crippen molar-refractivity contribution in [2.75, 3.05) is 88.4 Å². The number of sulfonamides is 2. The summed E-state index contributed by atoms with van der Waals surface area (Å²) in [5.74, 6) is 1.28. The fourth-order valence-electron chi connectivity index (χ4n) is 5.75. The number of rotatable bonds is 18. The first kappa shape index (κ1) is 44.1. The molecule has 0 bridgehead atoms. The summed E-state index contributed by atoms with van der Waals surface area (Å²) in [6.45, 7) is 12.8. The average molecular weight is 839 g/mol. The van der Waals surface area contributed by atoms with E-state index in [0.717, 1.165) is 78.5 Å². The molecule has 2 aliphatic rings. The van der Waals surface area contributed by atoms with Crippen LogP contribution in [0.2, 0.25) is 0 Å². The van der Waals surface area contributed by atoms with Crippen LogP contribution in [0.5, 0.6) is 11.5 Å². The molecular formula is C40H50N6O10S2. The van der Waals surface area contributed by atoms with Gasteiger partial charge < -0.3 is 18.9 Å². The van der Waals surface area contributed by atoms with Crippen molar-refractivity contribution < 1.29 is 45.4 Å². The number of benzene rings is 2. The SMILES string of the molecule is CC(=O)c1ccc(NS(=O)(=O)c2ccc(OCCCN3CCOCC3)cc2)nc1.CC(=O)c1ccc(NS(=O)(=O)c2ccc(OCCCN3CCOCC3)cc2)nc1. The minimum Gasteiger partial charge on any atom is -0.494 e. The molecule has 0 unspecified atom stereocenters. The fourth-order valence-corrected chi connectivity index (χ4v) is 7.77. The molecule has 0 amide bonds.